The van der Waals surface area contributed by atoms with Gasteiger partial charge in [-0.3, -0.25) is 4.79 Å². The van der Waals surface area contributed by atoms with Crippen LogP contribution in [0.3, 0.4) is 0 Å². The summed E-state index contributed by atoms with van der Waals surface area (Å²) in [6.45, 7) is 2.11. The van der Waals surface area contributed by atoms with Gasteiger partial charge in [-0.1, -0.05) is 57.3 Å². The van der Waals surface area contributed by atoms with E-state index in [-0.39, 0.29) is 5.57 Å². The number of carbonyl (C=O) groups is 1. The summed E-state index contributed by atoms with van der Waals surface area (Å²) in [6.07, 6.45) is 1.50. The third kappa shape index (κ3) is 6.11. The van der Waals surface area contributed by atoms with E-state index in [4.69, 9.17) is 27.9 Å². The minimum atomic E-state index is -0.531. The van der Waals surface area contributed by atoms with E-state index < -0.39 is 5.91 Å². The van der Waals surface area contributed by atoms with E-state index in [0.29, 0.717) is 33.7 Å². The third-order valence-electron chi connectivity index (χ3n) is 4.46. The number of nitriles is 1. The highest BCUT2D eigenvalue weighted by molar-refractivity contribution is 9.10. The molecule has 3 rings (SSSR count). The molecule has 0 bridgehead atoms. The molecule has 0 heterocycles. The van der Waals surface area contributed by atoms with Crippen LogP contribution in [0.15, 0.2) is 70.7 Å². The fraction of sp³-hybridized carbons (Fsp3) is 0.0833. The van der Waals surface area contributed by atoms with E-state index in [1.54, 1.807) is 49.4 Å². The molecular weight excluding hydrogens is 499 g/mol. The first-order valence-electron chi connectivity index (χ1n) is 9.22. The van der Waals surface area contributed by atoms with Gasteiger partial charge < -0.3 is 10.1 Å². The third-order valence-corrected chi connectivity index (χ3v) is 5.61. The topological polar surface area (TPSA) is 62.1 Å². The molecule has 0 atom stereocenters. The number of anilines is 1. The van der Waals surface area contributed by atoms with Gasteiger partial charge in [0.05, 0.1) is 0 Å². The van der Waals surface area contributed by atoms with Crippen molar-refractivity contribution in [3.8, 4) is 11.8 Å². The van der Waals surface area contributed by atoms with E-state index in [9.17, 15) is 10.1 Å². The van der Waals surface area contributed by atoms with Gasteiger partial charge in [0.25, 0.3) is 5.91 Å². The molecule has 0 unspecified atom stereocenters. The average molecular weight is 516 g/mol. The Labute approximate surface area is 199 Å². The van der Waals surface area contributed by atoms with Gasteiger partial charge in [0, 0.05) is 25.8 Å². The zero-order chi connectivity index (χ0) is 22.4. The molecule has 0 spiro atoms. The predicted octanol–water partition coefficient (Wildman–Crippen LogP) is 7.19. The number of rotatable bonds is 6. The number of benzene rings is 3. The first-order chi connectivity index (χ1) is 14.9. The first-order valence-corrected chi connectivity index (χ1v) is 10.8. The van der Waals surface area contributed by atoms with Crippen LogP contribution in [-0.2, 0) is 11.4 Å². The lowest BCUT2D eigenvalue weighted by Gasteiger charge is -2.11. The molecule has 4 nitrogen and oxygen atoms in total. The molecule has 0 saturated heterocycles. The molecule has 3 aromatic carbocycles. The van der Waals surface area contributed by atoms with Crippen molar-refractivity contribution in [1.29, 1.82) is 5.26 Å². The Morgan fingerprint density at radius 1 is 1.16 bits per heavy atom. The lowest BCUT2D eigenvalue weighted by molar-refractivity contribution is -0.112. The van der Waals surface area contributed by atoms with Crippen molar-refractivity contribution in [3.63, 3.8) is 0 Å². The molecule has 0 fully saturated rings. The van der Waals surface area contributed by atoms with Gasteiger partial charge in [-0.05, 0) is 66.6 Å². The van der Waals surface area contributed by atoms with Crippen LogP contribution in [0.2, 0.25) is 10.0 Å². The van der Waals surface area contributed by atoms with Gasteiger partial charge in [0.1, 0.15) is 24.0 Å². The minimum absolute atomic E-state index is 0.0613. The van der Waals surface area contributed by atoms with Crippen molar-refractivity contribution in [2.24, 2.45) is 0 Å². The zero-order valence-corrected chi connectivity index (χ0v) is 19.6. The normalized spacial score (nSPS) is 11.0. The first kappa shape index (κ1) is 22.9. The van der Waals surface area contributed by atoms with E-state index in [2.05, 4.69) is 21.2 Å². The van der Waals surface area contributed by atoms with Crippen LogP contribution in [0.25, 0.3) is 6.08 Å². The molecule has 1 N–H and O–H groups in total. The molecule has 0 aliphatic heterocycles. The summed E-state index contributed by atoms with van der Waals surface area (Å²) in [7, 11) is 0. The van der Waals surface area contributed by atoms with Crippen molar-refractivity contribution in [2.75, 3.05) is 5.32 Å². The summed E-state index contributed by atoms with van der Waals surface area (Å²) in [4.78, 5) is 12.7. The van der Waals surface area contributed by atoms with Crippen LogP contribution in [0.4, 0.5) is 5.69 Å². The largest absolute Gasteiger partial charge is 0.488 e. The van der Waals surface area contributed by atoms with Gasteiger partial charge in [0.15, 0.2) is 0 Å². The molecule has 3 aromatic rings. The van der Waals surface area contributed by atoms with Gasteiger partial charge in [0.2, 0.25) is 0 Å². The molecular formula is C24H17BrCl2N2O2. The Hall–Kier alpha value is -2.78. The second kappa shape index (κ2) is 10.5. The van der Waals surface area contributed by atoms with E-state index >= 15 is 0 Å². The number of ether oxygens (including phenoxy) is 1. The second-order valence-corrected chi connectivity index (χ2v) is 8.39. The van der Waals surface area contributed by atoms with E-state index in [0.717, 1.165) is 15.6 Å². The number of nitrogens with one attached hydrogen (secondary N) is 1. The SMILES string of the molecule is Cc1c(Cl)cccc1NC(=O)/C(C#N)=C/c1cc(Br)ccc1OCc1ccc(Cl)cc1. The Bertz CT molecular complexity index is 1190. The summed E-state index contributed by atoms with van der Waals surface area (Å²) in [5.41, 5.74) is 2.75. The van der Waals surface area contributed by atoms with Gasteiger partial charge >= 0.3 is 0 Å². The summed E-state index contributed by atoms with van der Waals surface area (Å²) in [5.74, 6) is 0.00845. The van der Waals surface area contributed by atoms with Crippen LogP contribution in [0.1, 0.15) is 16.7 Å². The Kier molecular flexibility index (Phi) is 7.75. The van der Waals surface area contributed by atoms with Crippen LogP contribution < -0.4 is 10.1 Å². The molecule has 1 amide bonds. The number of hydrogen-bond acceptors (Lipinski definition) is 3. The summed E-state index contributed by atoms with van der Waals surface area (Å²) >= 11 is 15.5. The second-order valence-electron chi connectivity index (χ2n) is 6.63. The molecule has 0 aliphatic carbocycles. The lowest BCUT2D eigenvalue weighted by Crippen LogP contribution is -2.14. The standard InChI is InChI=1S/C24H17BrCl2N2O2/c1-15-21(27)3-2-4-22(15)29-24(30)18(13-28)11-17-12-19(25)7-10-23(17)31-14-16-5-8-20(26)9-6-16/h2-12H,14H2,1H3,(H,29,30)/b18-11+. The van der Waals surface area contributed by atoms with Crippen molar-refractivity contribution < 1.29 is 9.53 Å². The monoisotopic (exact) mass is 514 g/mol. The highest BCUT2D eigenvalue weighted by atomic mass is 79.9. The fourth-order valence-corrected chi connectivity index (χ4v) is 3.42. The van der Waals surface area contributed by atoms with Gasteiger partial charge in [-0.2, -0.15) is 5.26 Å². The molecule has 7 heteroatoms. The van der Waals surface area contributed by atoms with Crippen LogP contribution in [0.5, 0.6) is 5.75 Å². The Morgan fingerprint density at radius 2 is 1.90 bits per heavy atom. The van der Waals surface area contributed by atoms with Crippen molar-refractivity contribution in [2.45, 2.75) is 13.5 Å². The number of carbonyl (C=O) groups excluding carboxylic acids is 1. The number of halogens is 3. The predicted molar refractivity (Wildman–Crippen MR) is 128 cm³/mol. The van der Waals surface area contributed by atoms with Crippen molar-refractivity contribution in [3.05, 3.63) is 97.4 Å². The number of amides is 1. The average Bonchev–Trinajstić information content (AvgIpc) is 2.75. The highest BCUT2D eigenvalue weighted by Gasteiger charge is 2.14. The molecule has 0 aliphatic rings. The maximum absolute atomic E-state index is 12.7. The lowest BCUT2D eigenvalue weighted by atomic mass is 10.1. The van der Waals surface area contributed by atoms with Crippen LogP contribution >= 0.6 is 39.1 Å². The van der Waals surface area contributed by atoms with Crippen LogP contribution in [0, 0.1) is 18.3 Å². The Morgan fingerprint density at radius 3 is 2.61 bits per heavy atom. The quantitative estimate of drug-likeness (QED) is 0.279. The van der Waals surface area contributed by atoms with E-state index in [1.165, 1.54) is 6.08 Å². The summed E-state index contributed by atoms with van der Waals surface area (Å²) < 4.78 is 6.72. The minimum Gasteiger partial charge on any atom is -0.488 e. The van der Waals surface area contributed by atoms with Gasteiger partial charge in [-0.15, -0.1) is 0 Å². The number of nitrogens with zero attached hydrogens (tertiary/aromatic N) is 1. The zero-order valence-electron chi connectivity index (χ0n) is 16.5. The summed E-state index contributed by atoms with van der Waals surface area (Å²) in [5, 5.41) is 13.5. The molecule has 0 saturated carbocycles. The molecule has 156 valence electrons. The molecule has 0 aromatic heterocycles. The highest BCUT2D eigenvalue weighted by Crippen LogP contribution is 2.28. The van der Waals surface area contributed by atoms with Crippen molar-refractivity contribution in [1.82, 2.24) is 0 Å². The van der Waals surface area contributed by atoms with E-state index in [1.807, 2.05) is 24.3 Å². The fourth-order valence-electron chi connectivity index (χ4n) is 2.74. The maximum atomic E-state index is 12.7. The summed E-state index contributed by atoms with van der Waals surface area (Å²) in [6, 6.07) is 19.9. The molecule has 31 heavy (non-hydrogen) atoms. The van der Waals surface area contributed by atoms with Crippen molar-refractivity contribution >= 4 is 56.8 Å². The molecule has 0 radical (unpaired) electrons. The van der Waals surface area contributed by atoms with Crippen LogP contribution in [-0.4, -0.2) is 5.91 Å². The Balaban J connectivity index is 1.84. The van der Waals surface area contributed by atoms with Gasteiger partial charge in [-0.25, -0.2) is 0 Å². The number of hydrogen-bond donors (Lipinski definition) is 1. The maximum Gasteiger partial charge on any atom is 0.266 e. The smallest absolute Gasteiger partial charge is 0.266 e.